The first-order chi connectivity index (χ1) is 10.4. The second-order valence-corrected chi connectivity index (χ2v) is 19.6. The van der Waals surface area contributed by atoms with Gasteiger partial charge >= 0.3 is 0 Å². The van der Waals surface area contributed by atoms with Gasteiger partial charge in [0.05, 0.1) is 29.4 Å². The van der Waals surface area contributed by atoms with Crippen LogP contribution in [0.1, 0.15) is 13.8 Å². The summed E-state index contributed by atoms with van der Waals surface area (Å²) in [6, 6.07) is 0. The van der Waals surface area contributed by atoms with Crippen molar-refractivity contribution in [2.75, 3.05) is 27.4 Å². The summed E-state index contributed by atoms with van der Waals surface area (Å²) in [5.74, 6) is 0.753. The van der Waals surface area contributed by atoms with Gasteiger partial charge in [0.2, 0.25) is 0 Å². The monoisotopic (exact) mass is 356 g/mol. The van der Waals surface area contributed by atoms with E-state index >= 15 is 0 Å². The van der Waals surface area contributed by atoms with Crippen molar-refractivity contribution in [2.45, 2.75) is 58.7 Å². The second kappa shape index (κ2) is 6.94. The Morgan fingerprint density at radius 2 is 1.57 bits per heavy atom. The van der Waals surface area contributed by atoms with Crippen LogP contribution in [0.5, 0.6) is 0 Å². The van der Waals surface area contributed by atoms with Crippen molar-refractivity contribution in [3.8, 4) is 0 Å². The molecule has 0 aliphatic heterocycles. The highest BCUT2D eigenvalue weighted by Gasteiger charge is 2.60. The molecule has 0 aromatic rings. The molecule has 0 bridgehead atoms. The average molecular weight is 357 g/mol. The van der Waals surface area contributed by atoms with Gasteiger partial charge in [0.1, 0.15) is 0 Å². The second-order valence-electron chi connectivity index (χ2n) is 9.33. The lowest BCUT2D eigenvalue weighted by Crippen LogP contribution is -2.48. The molecule has 0 fully saturated rings. The molecule has 3 nitrogen and oxygen atoms in total. The first-order valence-electron chi connectivity index (χ1n) is 8.61. The minimum Gasteiger partial charge on any atom is -0.384 e. The van der Waals surface area contributed by atoms with Crippen LogP contribution >= 0.6 is 0 Å². The van der Waals surface area contributed by atoms with Crippen molar-refractivity contribution in [3.05, 3.63) is 10.8 Å². The minimum absolute atomic E-state index is 0.0850. The predicted molar refractivity (Wildman–Crippen MR) is 103 cm³/mol. The lowest BCUT2D eigenvalue weighted by atomic mass is 9.72. The van der Waals surface area contributed by atoms with Gasteiger partial charge in [-0.25, -0.2) is 0 Å². The van der Waals surface area contributed by atoms with Crippen LogP contribution in [0, 0.1) is 11.3 Å². The van der Waals surface area contributed by atoms with Crippen LogP contribution in [0.2, 0.25) is 44.8 Å². The van der Waals surface area contributed by atoms with Gasteiger partial charge in [-0.15, -0.1) is 0 Å². The van der Waals surface area contributed by atoms with E-state index in [2.05, 4.69) is 53.1 Å². The SMILES string of the molecule is COCC1=C([Si](C)(C)C)C(=O)C([Si](C)(C)C)C1(COC)C(C)C. The molecule has 0 N–H and O–H groups in total. The molecule has 0 saturated heterocycles. The maximum absolute atomic E-state index is 13.6. The standard InChI is InChI=1S/C18H36O3Si2/c1-13(2)18(12-21-4)14(11-20-3)16(22(5,6)7)15(19)17(18)23(8,9)10/h13,17H,11-12H2,1-10H3. The fourth-order valence-electron chi connectivity index (χ4n) is 4.53. The molecule has 0 radical (unpaired) electrons. The number of carbonyl (C=O) groups excluding carboxylic acids is 1. The van der Waals surface area contributed by atoms with Crippen LogP contribution in [-0.2, 0) is 14.3 Å². The van der Waals surface area contributed by atoms with Crippen molar-refractivity contribution in [1.29, 1.82) is 0 Å². The quantitative estimate of drug-likeness (QED) is 0.635. The summed E-state index contributed by atoms with van der Waals surface area (Å²) in [5, 5.41) is 1.12. The summed E-state index contributed by atoms with van der Waals surface area (Å²) in [5.41, 5.74) is 1.12. The number of Topliss-reactive ketones (excluding diaryl/α,β-unsaturated/α-hetero) is 1. The van der Waals surface area contributed by atoms with E-state index in [0.717, 1.165) is 5.20 Å². The van der Waals surface area contributed by atoms with E-state index in [9.17, 15) is 4.79 Å². The Labute approximate surface area is 144 Å². The van der Waals surface area contributed by atoms with Gasteiger partial charge in [-0.05, 0) is 16.7 Å². The average Bonchev–Trinajstić information content (AvgIpc) is 2.59. The third kappa shape index (κ3) is 3.58. The number of ether oxygens (including phenoxy) is 2. The molecule has 1 aliphatic rings. The predicted octanol–water partition coefficient (Wildman–Crippen LogP) is 4.39. The molecular formula is C18H36O3Si2. The number of hydrogen-bond acceptors (Lipinski definition) is 3. The van der Waals surface area contributed by atoms with E-state index in [1.807, 2.05) is 0 Å². The van der Waals surface area contributed by atoms with Crippen LogP contribution in [0.4, 0.5) is 0 Å². The Bertz CT molecular complexity index is 483. The maximum Gasteiger partial charge on any atom is 0.156 e. The largest absolute Gasteiger partial charge is 0.384 e. The third-order valence-electron chi connectivity index (χ3n) is 5.21. The lowest BCUT2D eigenvalue weighted by Gasteiger charge is -2.45. The van der Waals surface area contributed by atoms with Crippen molar-refractivity contribution in [2.24, 2.45) is 11.3 Å². The number of rotatable bonds is 7. The molecule has 23 heavy (non-hydrogen) atoms. The molecule has 1 aliphatic carbocycles. The van der Waals surface area contributed by atoms with E-state index < -0.39 is 16.1 Å². The molecule has 1 rings (SSSR count). The van der Waals surface area contributed by atoms with Crippen molar-refractivity contribution >= 4 is 21.9 Å². The molecule has 0 aromatic heterocycles. The number of hydrogen-bond donors (Lipinski definition) is 0. The molecule has 2 atom stereocenters. The Balaban J connectivity index is 3.78. The smallest absolute Gasteiger partial charge is 0.156 e. The van der Waals surface area contributed by atoms with E-state index in [1.165, 1.54) is 5.57 Å². The van der Waals surface area contributed by atoms with Crippen LogP contribution in [0.3, 0.4) is 0 Å². The van der Waals surface area contributed by atoms with Gasteiger partial charge in [0.15, 0.2) is 5.78 Å². The van der Waals surface area contributed by atoms with E-state index in [-0.39, 0.29) is 11.0 Å². The van der Waals surface area contributed by atoms with Crippen LogP contribution in [0.25, 0.3) is 0 Å². The first kappa shape index (κ1) is 20.8. The van der Waals surface area contributed by atoms with Crippen molar-refractivity contribution in [1.82, 2.24) is 0 Å². The Morgan fingerprint density at radius 1 is 1.04 bits per heavy atom. The minimum atomic E-state index is -1.76. The molecular weight excluding hydrogens is 320 g/mol. The van der Waals surface area contributed by atoms with E-state index in [4.69, 9.17) is 9.47 Å². The maximum atomic E-state index is 13.6. The van der Waals surface area contributed by atoms with Gasteiger partial charge in [-0.1, -0.05) is 53.1 Å². The molecule has 2 unspecified atom stereocenters. The Morgan fingerprint density at radius 3 is 1.87 bits per heavy atom. The highest BCUT2D eigenvalue weighted by Crippen LogP contribution is 2.59. The molecule has 0 aromatic carbocycles. The lowest BCUT2D eigenvalue weighted by molar-refractivity contribution is -0.116. The highest BCUT2D eigenvalue weighted by molar-refractivity contribution is 6.91. The number of carbonyl (C=O) groups is 1. The van der Waals surface area contributed by atoms with E-state index in [0.29, 0.717) is 24.9 Å². The molecule has 134 valence electrons. The summed E-state index contributed by atoms with van der Waals surface area (Å²) >= 11 is 0. The topological polar surface area (TPSA) is 35.5 Å². The normalized spacial score (nSPS) is 26.6. The number of allylic oxidation sites excluding steroid dienone is 1. The summed E-state index contributed by atoms with van der Waals surface area (Å²) < 4.78 is 11.3. The first-order valence-corrected chi connectivity index (χ1v) is 15.7. The molecule has 0 saturated carbocycles. The number of ketones is 1. The highest BCUT2D eigenvalue weighted by atomic mass is 28.3. The summed E-state index contributed by atoms with van der Waals surface area (Å²) in [7, 11) is 0.0182. The fraction of sp³-hybridized carbons (Fsp3) is 0.833. The van der Waals surface area contributed by atoms with Crippen LogP contribution < -0.4 is 0 Å². The van der Waals surface area contributed by atoms with Crippen molar-refractivity contribution in [3.63, 3.8) is 0 Å². The summed E-state index contributed by atoms with van der Waals surface area (Å²) in [4.78, 5) is 13.6. The molecule has 5 heteroatoms. The Hall–Kier alpha value is -0.236. The van der Waals surface area contributed by atoms with E-state index in [1.54, 1.807) is 14.2 Å². The number of methoxy groups -OCH3 is 2. The van der Waals surface area contributed by atoms with Gasteiger partial charge < -0.3 is 9.47 Å². The zero-order valence-electron chi connectivity index (χ0n) is 16.8. The van der Waals surface area contributed by atoms with Crippen molar-refractivity contribution < 1.29 is 14.3 Å². The van der Waals surface area contributed by atoms with Gasteiger partial charge in [0, 0.05) is 25.2 Å². The molecule has 0 spiro atoms. The van der Waals surface area contributed by atoms with Gasteiger partial charge in [-0.3, -0.25) is 4.79 Å². The fourth-order valence-corrected chi connectivity index (χ4v) is 9.84. The molecule has 0 amide bonds. The summed E-state index contributed by atoms with van der Waals surface area (Å²) in [6.45, 7) is 19.4. The molecule has 0 heterocycles. The van der Waals surface area contributed by atoms with Gasteiger partial charge in [-0.2, -0.15) is 0 Å². The third-order valence-corrected chi connectivity index (χ3v) is 9.76. The Kier molecular flexibility index (Phi) is 6.28. The zero-order chi connectivity index (χ0) is 18.2. The summed E-state index contributed by atoms with van der Waals surface area (Å²) in [6.07, 6.45) is 0. The zero-order valence-corrected chi connectivity index (χ0v) is 18.8. The van der Waals surface area contributed by atoms with Crippen LogP contribution in [0.15, 0.2) is 10.8 Å². The van der Waals surface area contributed by atoms with Gasteiger partial charge in [0.25, 0.3) is 0 Å². The van der Waals surface area contributed by atoms with Crippen LogP contribution in [-0.4, -0.2) is 49.4 Å².